The van der Waals surface area contributed by atoms with Crippen molar-refractivity contribution in [2.45, 2.75) is 196 Å². The lowest BCUT2D eigenvalue weighted by Gasteiger charge is -2.40. The van der Waals surface area contributed by atoms with Gasteiger partial charge in [-0.05, 0) is 87.1 Å². The second-order valence-electron chi connectivity index (χ2n) is 28.5. The fraction of sp³-hybridized carbons (Fsp3) is 0.409. The average Bonchev–Trinajstić information content (AvgIpc) is 0.670. The largest absolute Gasteiger partial charge is 0.384 e. The molecule has 4 aliphatic rings. The molecule has 8 aromatic carbocycles. The molecule has 106 heavy (non-hydrogen) atoms. The normalized spacial score (nSPS) is 13.8. The maximum Gasteiger partial charge on any atom is 0.268 e. The molecule has 0 bridgehead atoms. The number of carbonyl (C=O) groups is 8. The van der Waals surface area contributed by atoms with Gasteiger partial charge in [0.1, 0.15) is 0 Å². The molecule has 4 aliphatic heterocycles. The van der Waals surface area contributed by atoms with Crippen LogP contribution >= 0.6 is 0 Å². The smallest absolute Gasteiger partial charge is 0.268 e. The third-order valence-corrected chi connectivity index (χ3v) is 21.1. The number of carbonyl (C=O) groups excluding carboxylic acids is 8. The summed E-state index contributed by atoms with van der Waals surface area (Å²) in [6.07, 6.45) is 20.1. The van der Waals surface area contributed by atoms with E-state index < -0.39 is 47.3 Å². The van der Waals surface area contributed by atoms with Crippen molar-refractivity contribution in [1.29, 1.82) is 0 Å². The van der Waals surface area contributed by atoms with E-state index in [-0.39, 0.29) is 136 Å². The fourth-order valence-corrected chi connectivity index (χ4v) is 15.9. The van der Waals surface area contributed by atoms with Gasteiger partial charge in [-0.15, -0.1) is 0 Å². The molecule has 0 unspecified atom stereocenters. The third kappa shape index (κ3) is 14.5. The van der Waals surface area contributed by atoms with Crippen LogP contribution in [0.15, 0.2) is 121 Å². The number of unbranched alkanes of at least 4 members (excludes halogenated alkanes) is 18. The predicted octanol–water partition coefficient (Wildman–Crippen LogP) is 20.8. The van der Waals surface area contributed by atoms with Gasteiger partial charge in [0, 0.05) is 71.9 Å². The molecule has 8 aromatic rings. The summed E-state index contributed by atoms with van der Waals surface area (Å²) >= 11 is 0. The van der Waals surface area contributed by atoms with Gasteiger partial charge in [0.25, 0.3) is 47.3 Å². The van der Waals surface area contributed by atoms with Crippen molar-refractivity contribution in [3.63, 3.8) is 0 Å². The molecule has 18 heteroatoms. The summed E-state index contributed by atoms with van der Waals surface area (Å²) in [7, 11) is 0. The molecular formula is C88H104N10O8. The minimum absolute atomic E-state index is 0.0101. The maximum absolute atomic E-state index is 17.5. The lowest BCUT2D eigenvalue weighted by Crippen LogP contribution is -2.46. The van der Waals surface area contributed by atoms with Gasteiger partial charge in [0.2, 0.25) is 0 Å². The molecule has 0 fully saturated rings. The topological polar surface area (TPSA) is 222 Å². The van der Waals surface area contributed by atoms with E-state index in [1.807, 2.05) is 12.1 Å². The van der Waals surface area contributed by atoms with Gasteiger partial charge in [-0.3, -0.25) is 38.4 Å². The molecule has 0 spiro atoms. The van der Waals surface area contributed by atoms with Gasteiger partial charge in [0.15, 0.2) is 0 Å². The molecule has 0 aromatic heterocycles. The van der Waals surface area contributed by atoms with Crippen LogP contribution < -0.4 is 51.5 Å². The summed E-state index contributed by atoms with van der Waals surface area (Å²) in [4.78, 5) is 141. The number of benzene rings is 8. The molecule has 12 rings (SSSR count). The van der Waals surface area contributed by atoms with Crippen molar-refractivity contribution < 1.29 is 38.4 Å². The summed E-state index contributed by atoms with van der Waals surface area (Å²) in [5, 5.41) is 22.7. The molecule has 0 radical (unpaired) electrons. The van der Waals surface area contributed by atoms with Crippen LogP contribution in [0, 0.1) is 0 Å². The number of para-hydroxylation sites is 4. The van der Waals surface area contributed by atoms with E-state index in [0.717, 1.165) is 125 Å². The van der Waals surface area contributed by atoms with Crippen molar-refractivity contribution in [3.8, 4) is 11.1 Å². The molecule has 4 heterocycles. The minimum Gasteiger partial charge on any atom is -0.384 e. The Morgan fingerprint density at radius 1 is 0.198 bits per heavy atom. The highest BCUT2D eigenvalue weighted by atomic mass is 16.2. The van der Waals surface area contributed by atoms with E-state index in [4.69, 9.17) is 0 Å². The molecule has 6 N–H and O–H groups in total. The zero-order chi connectivity index (χ0) is 74.4. The van der Waals surface area contributed by atoms with Crippen molar-refractivity contribution in [2.75, 3.05) is 90.8 Å². The van der Waals surface area contributed by atoms with Crippen molar-refractivity contribution in [3.05, 3.63) is 166 Å². The zero-order valence-corrected chi connectivity index (χ0v) is 62.8. The second-order valence-corrected chi connectivity index (χ2v) is 28.5. The molecular weight excluding hydrogens is 1330 g/mol. The number of nitrogens with zero attached hydrogens (tertiary/aromatic N) is 4. The van der Waals surface area contributed by atoms with Gasteiger partial charge in [0.05, 0.1) is 101 Å². The van der Waals surface area contributed by atoms with Crippen LogP contribution in [0.25, 0.3) is 32.7 Å². The van der Waals surface area contributed by atoms with Gasteiger partial charge >= 0.3 is 0 Å². The quantitative estimate of drug-likeness (QED) is 0.0155. The Hall–Kier alpha value is -10.4. The highest BCUT2D eigenvalue weighted by molar-refractivity contribution is 6.51. The number of hydrogen-bond acceptors (Lipinski definition) is 14. The van der Waals surface area contributed by atoms with E-state index in [1.165, 1.54) is 9.80 Å². The van der Waals surface area contributed by atoms with Crippen molar-refractivity contribution >= 4 is 126 Å². The molecule has 0 saturated carbocycles. The molecule has 0 saturated heterocycles. The van der Waals surface area contributed by atoms with Crippen LogP contribution in [-0.2, 0) is 0 Å². The molecule has 0 atom stereocenters. The lowest BCUT2D eigenvalue weighted by atomic mass is 9.74. The SMILES string of the molecule is CCCCCCNc1c(NCCCCCC)c2c3c(c(-c4c(NCCCCCC)c5c6c(c(NCCCCCC)c(NCCCCCC)c7c6c4C(=O)N(c4ccccc4)C7=O)C(=O)N(c4ccccc4)C5=O)c(NCCCCCC)c4c3c1C(=O)N(c1ccccc1)C4=O)C(=O)N(c1ccccc1)C2=O. The number of hydrogen-bond donors (Lipinski definition) is 6. The van der Waals surface area contributed by atoms with Gasteiger partial charge in [-0.1, -0.05) is 230 Å². The summed E-state index contributed by atoms with van der Waals surface area (Å²) in [5.41, 5.74) is 2.13. The average molecular weight is 1430 g/mol. The predicted molar refractivity (Wildman–Crippen MR) is 433 cm³/mol. The summed E-state index contributed by atoms with van der Waals surface area (Å²) in [5.74, 6) is -5.97. The van der Waals surface area contributed by atoms with Crippen LogP contribution in [0.1, 0.15) is 279 Å². The lowest BCUT2D eigenvalue weighted by molar-refractivity contribution is 0.0873. The van der Waals surface area contributed by atoms with Crippen molar-refractivity contribution in [2.24, 2.45) is 0 Å². The Kier molecular flexibility index (Phi) is 25.0. The Labute approximate surface area is 624 Å². The Bertz CT molecular complexity index is 4310. The van der Waals surface area contributed by atoms with E-state index >= 15 is 38.4 Å². The van der Waals surface area contributed by atoms with Crippen LogP contribution in [-0.4, -0.2) is 86.5 Å². The molecule has 18 nitrogen and oxygen atoms in total. The number of anilines is 10. The van der Waals surface area contributed by atoms with E-state index in [9.17, 15) is 0 Å². The Morgan fingerprint density at radius 2 is 0.368 bits per heavy atom. The number of imide groups is 4. The van der Waals surface area contributed by atoms with E-state index in [0.29, 0.717) is 76.1 Å². The monoisotopic (exact) mass is 1430 g/mol. The van der Waals surface area contributed by atoms with Crippen molar-refractivity contribution in [1.82, 2.24) is 0 Å². The third-order valence-electron chi connectivity index (χ3n) is 21.1. The van der Waals surface area contributed by atoms with Crippen LogP contribution in [0.2, 0.25) is 0 Å². The van der Waals surface area contributed by atoms with Gasteiger partial charge in [-0.2, -0.15) is 0 Å². The van der Waals surface area contributed by atoms with Crippen LogP contribution in [0.4, 0.5) is 56.9 Å². The summed E-state index contributed by atoms with van der Waals surface area (Å²) in [6, 6.07) is 34.9. The molecule has 554 valence electrons. The Morgan fingerprint density at radius 3 is 0.566 bits per heavy atom. The van der Waals surface area contributed by atoms with Crippen LogP contribution in [0.5, 0.6) is 0 Å². The highest BCUT2D eigenvalue weighted by Crippen LogP contribution is 2.59. The minimum atomic E-state index is -0.829. The first-order valence-electron chi connectivity index (χ1n) is 39.6. The highest BCUT2D eigenvalue weighted by Gasteiger charge is 2.52. The Balaban J connectivity index is 1.36. The summed E-state index contributed by atoms with van der Waals surface area (Å²) in [6.45, 7) is 14.7. The standard InChI is InChI=1S/C88H104N10O8/c1-7-13-19-37-51-89-75-65(67-61-63-69(75)83(101)97(59-47-33-27-34-48-59)87(105)73(63)79(93-55-41-23-17-11-5)77(91-53-39-21-15-9-3)71(61)85(103)95(81(67)99)57-43-29-25-30-44-57)66-68-62-64-70(76(66)90-52-38-20-14-8-2)84(102)98(60-49-35-28-36-50-60)88(106)74(64)80(94-56-42-24-18-12-6)78(92-54-40-22-16-10-4)72(62)86(104)96(82(68)100)58-45-31-26-32-46-58/h25-36,43-50,89-94H,7-24,37-42,51-56H2,1-6H3. The van der Waals surface area contributed by atoms with Gasteiger partial charge in [-0.25, -0.2) is 19.6 Å². The first-order valence-corrected chi connectivity index (χ1v) is 39.6. The number of rotatable bonds is 41. The zero-order valence-electron chi connectivity index (χ0n) is 62.8. The molecule has 8 amide bonds. The number of nitrogens with one attached hydrogen (secondary N) is 6. The molecule has 0 aliphatic carbocycles. The summed E-state index contributed by atoms with van der Waals surface area (Å²) < 4.78 is 0. The maximum atomic E-state index is 17.5. The fourth-order valence-electron chi connectivity index (χ4n) is 15.9. The van der Waals surface area contributed by atoms with Gasteiger partial charge < -0.3 is 31.9 Å². The first kappa shape index (κ1) is 75.3. The van der Waals surface area contributed by atoms with Crippen LogP contribution in [0.3, 0.4) is 0 Å². The first-order chi connectivity index (χ1) is 51.9. The van der Waals surface area contributed by atoms with E-state index in [1.54, 1.807) is 109 Å². The number of amides is 8. The van der Waals surface area contributed by atoms with E-state index in [2.05, 4.69) is 73.4 Å². The second kappa shape index (κ2) is 35.2.